The van der Waals surface area contributed by atoms with Gasteiger partial charge in [0.15, 0.2) is 0 Å². The average Bonchev–Trinajstić information content (AvgIpc) is 2.85. The number of nitrogens with one attached hydrogen (secondary N) is 2. The van der Waals surface area contributed by atoms with Crippen LogP contribution in [0, 0.1) is 0 Å². The number of hydrogen-bond acceptors (Lipinski definition) is 4. The van der Waals surface area contributed by atoms with Gasteiger partial charge in [0.05, 0.1) is 7.11 Å². The molecule has 34 heavy (non-hydrogen) atoms. The lowest BCUT2D eigenvalue weighted by atomic mass is 10.0. The minimum absolute atomic E-state index is 0.0721. The zero-order valence-electron chi connectivity index (χ0n) is 18.5. The van der Waals surface area contributed by atoms with Gasteiger partial charge in [0.1, 0.15) is 11.6 Å². The maximum Gasteiger partial charge on any atom is 0.328 e. The highest BCUT2D eigenvalue weighted by molar-refractivity contribution is 9.10. The number of halogens is 1. The van der Waals surface area contributed by atoms with E-state index in [1.807, 2.05) is 66.7 Å². The molecule has 0 aliphatic heterocycles. The summed E-state index contributed by atoms with van der Waals surface area (Å²) < 4.78 is 5.63. The second-order valence-corrected chi connectivity index (χ2v) is 8.78. The molecule has 2 N–H and O–H groups in total. The molecule has 1 atom stereocenters. The smallest absolute Gasteiger partial charge is 0.328 e. The van der Waals surface area contributed by atoms with Crippen molar-refractivity contribution in [2.24, 2.45) is 0 Å². The standard InChI is InChI=1S/C27H23BrN2O4/c1-34-27(33)24(13-18-10-6-3-7-11-18)30-26(32)21-16-29-23-14-19(12-17-8-4-2-5-9-17)22(28)15-20(23)25(21)31/h2-11,14-16,24H,12-13H2,1H3,(H,29,31)(H,30,32)/t24-/m0/s1. The van der Waals surface area contributed by atoms with Gasteiger partial charge in [-0.25, -0.2) is 4.79 Å². The highest BCUT2D eigenvalue weighted by Crippen LogP contribution is 2.24. The minimum atomic E-state index is -0.921. The fraction of sp³-hybridized carbons (Fsp3) is 0.148. The normalized spacial score (nSPS) is 11.7. The van der Waals surface area contributed by atoms with Crippen molar-refractivity contribution in [2.45, 2.75) is 18.9 Å². The van der Waals surface area contributed by atoms with Crippen LogP contribution in [0.1, 0.15) is 27.0 Å². The molecular weight excluding hydrogens is 496 g/mol. The fourth-order valence-electron chi connectivity index (χ4n) is 3.83. The van der Waals surface area contributed by atoms with Gasteiger partial charge in [0.25, 0.3) is 5.91 Å². The maximum atomic E-state index is 13.2. The number of methoxy groups -OCH3 is 1. The van der Waals surface area contributed by atoms with Gasteiger partial charge in [0, 0.05) is 28.0 Å². The van der Waals surface area contributed by atoms with Crippen molar-refractivity contribution < 1.29 is 14.3 Å². The summed E-state index contributed by atoms with van der Waals surface area (Å²) in [5, 5.41) is 3.03. The van der Waals surface area contributed by atoms with Crippen LogP contribution < -0.4 is 10.7 Å². The molecule has 4 aromatic rings. The molecule has 4 rings (SSSR count). The van der Waals surface area contributed by atoms with Crippen molar-refractivity contribution in [1.29, 1.82) is 0 Å². The van der Waals surface area contributed by atoms with Crippen molar-refractivity contribution in [2.75, 3.05) is 7.11 Å². The average molecular weight is 519 g/mol. The molecule has 1 heterocycles. The van der Waals surface area contributed by atoms with Gasteiger partial charge < -0.3 is 15.0 Å². The van der Waals surface area contributed by atoms with Crippen molar-refractivity contribution in [3.8, 4) is 0 Å². The summed E-state index contributed by atoms with van der Waals surface area (Å²) in [7, 11) is 1.26. The third-order valence-electron chi connectivity index (χ3n) is 5.60. The molecule has 0 unspecified atom stereocenters. The van der Waals surface area contributed by atoms with E-state index in [0.717, 1.165) is 21.2 Å². The molecular formula is C27H23BrN2O4. The second-order valence-electron chi connectivity index (χ2n) is 7.92. The number of fused-ring (bicyclic) bond motifs is 1. The molecule has 3 aromatic carbocycles. The van der Waals surface area contributed by atoms with Gasteiger partial charge in [0.2, 0.25) is 5.43 Å². The quantitative estimate of drug-likeness (QED) is 0.355. The third kappa shape index (κ3) is 5.26. The first-order chi connectivity index (χ1) is 16.5. The van der Waals surface area contributed by atoms with E-state index < -0.39 is 23.3 Å². The first-order valence-electron chi connectivity index (χ1n) is 10.8. The number of rotatable bonds is 7. The van der Waals surface area contributed by atoms with Crippen LogP contribution in [-0.4, -0.2) is 30.0 Å². The number of benzene rings is 3. The number of esters is 1. The van der Waals surface area contributed by atoms with Crippen LogP contribution in [0.2, 0.25) is 0 Å². The first-order valence-corrected chi connectivity index (χ1v) is 11.6. The van der Waals surface area contributed by atoms with Gasteiger partial charge >= 0.3 is 5.97 Å². The summed E-state index contributed by atoms with van der Waals surface area (Å²) in [6, 6.07) is 22.0. The van der Waals surface area contributed by atoms with E-state index in [1.165, 1.54) is 13.3 Å². The van der Waals surface area contributed by atoms with E-state index in [2.05, 4.69) is 26.2 Å². The summed E-state index contributed by atoms with van der Waals surface area (Å²) in [6.45, 7) is 0. The predicted octanol–water partition coefficient (Wildman–Crippen LogP) is 4.40. The Balaban J connectivity index is 1.61. The maximum absolute atomic E-state index is 13.2. The minimum Gasteiger partial charge on any atom is -0.467 e. The summed E-state index contributed by atoms with van der Waals surface area (Å²) in [5.41, 5.74) is 3.16. The van der Waals surface area contributed by atoms with Gasteiger partial charge in [-0.15, -0.1) is 0 Å². The lowest BCUT2D eigenvalue weighted by Crippen LogP contribution is -2.44. The lowest BCUT2D eigenvalue weighted by Gasteiger charge is -2.17. The van der Waals surface area contributed by atoms with E-state index in [1.54, 1.807) is 6.07 Å². The third-order valence-corrected chi connectivity index (χ3v) is 6.34. The Hall–Kier alpha value is -3.71. The summed E-state index contributed by atoms with van der Waals surface area (Å²) in [5.74, 6) is -1.22. The van der Waals surface area contributed by atoms with Crippen LogP contribution in [-0.2, 0) is 22.4 Å². The number of pyridine rings is 1. The van der Waals surface area contributed by atoms with E-state index in [9.17, 15) is 14.4 Å². The van der Waals surface area contributed by atoms with Gasteiger partial charge in [-0.3, -0.25) is 9.59 Å². The SMILES string of the molecule is COC(=O)[C@H](Cc1ccccc1)NC(=O)c1c[nH]c2cc(Cc3ccccc3)c(Br)cc2c1=O. The largest absolute Gasteiger partial charge is 0.467 e. The number of amides is 1. The van der Waals surface area contributed by atoms with Crippen molar-refractivity contribution in [3.05, 3.63) is 116 Å². The van der Waals surface area contributed by atoms with Gasteiger partial charge in [-0.05, 0) is 35.2 Å². The van der Waals surface area contributed by atoms with E-state index in [4.69, 9.17) is 4.74 Å². The molecule has 0 saturated carbocycles. The number of carbonyl (C=O) groups excluding carboxylic acids is 2. The topological polar surface area (TPSA) is 88.3 Å². The Morgan fingerprint density at radius 1 is 1.00 bits per heavy atom. The molecule has 0 saturated heterocycles. The molecule has 0 aliphatic carbocycles. The number of aromatic nitrogens is 1. The number of ether oxygens (including phenoxy) is 1. The lowest BCUT2D eigenvalue weighted by molar-refractivity contribution is -0.142. The second kappa shape index (κ2) is 10.5. The number of hydrogen-bond donors (Lipinski definition) is 2. The predicted molar refractivity (Wildman–Crippen MR) is 135 cm³/mol. The Kier molecular flexibility index (Phi) is 7.23. The Morgan fingerprint density at radius 3 is 2.29 bits per heavy atom. The Morgan fingerprint density at radius 2 is 1.65 bits per heavy atom. The molecule has 0 radical (unpaired) electrons. The fourth-order valence-corrected chi connectivity index (χ4v) is 4.31. The number of carbonyl (C=O) groups is 2. The molecule has 7 heteroatoms. The number of H-pyrrole nitrogens is 1. The van der Waals surface area contributed by atoms with Gasteiger partial charge in [-0.2, -0.15) is 0 Å². The van der Waals surface area contributed by atoms with Crippen LogP contribution in [0.15, 0.2) is 88.3 Å². The molecule has 6 nitrogen and oxygen atoms in total. The zero-order valence-corrected chi connectivity index (χ0v) is 20.1. The van der Waals surface area contributed by atoms with E-state index >= 15 is 0 Å². The Labute approximate surface area is 205 Å². The highest BCUT2D eigenvalue weighted by Gasteiger charge is 2.24. The molecule has 0 spiro atoms. The molecule has 1 amide bonds. The van der Waals surface area contributed by atoms with E-state index in [-0.39, 0.29) is 12.0 Å². The zero-order chi connectivity index (χ0) is 24.1. The number of aromatic amines is 1. The highest BCUT2D eigenvalue weighted by atomic mass is 79.9. The summed E-state index contributed by atoms with van der Waals surface area (Å²) in [4.78, 5) is 41.5. The van der Waals surface area contributed by atoms with E-state index in [0.29, 0.717) is 17.3 Å². The Bertz CT molecular complexity index is 1380. The monoisotopic (exact) mass is 518 g/mol. The first kappa shape index (κ1) is 23.4. The molecule has 0 bridgehead atoms. The molecule has 1 aromatic heterocycles. The molecule has 172 valence electrons. The molecule has 0 aliphatic rings. The van der Waals surface area contributed by atoms with Crippen LogP contribution in [0.5, 0.6) is 0 Å². The van der Waals surface area contributed by atoms with Gasteiger partial charge in [-0.1, -0.05) is 76.6 Å². The van der Waals surface area contributed by atoms with Crippen molar-refractivity contribution in [1.82, 2.24) is 10.3 Å². The molecule has 0 fully saturated rings. The van der Waals surface area contributed by atoms with Crippen LogP contribution >= 0.6 is 15.9 Å². The summed E-state index contributed by atoms with van der Waals surface area (Å²) in [6.07, 6.45) is 2.33. The van der Waals surface area contributed by atoms with Crippen molar-refractivity contribution in [3.63, 3.8) is 0 Å². The van der Waals surface area contributed by atoms with Crippen LogP contribution in [0.4, 0.5) is 0 Å². The van der Waals surface area contributed by atoms with Crippen LogP contribution in [0.3, 0.4) is 0 Å². The van der Waals surface area contributed by atoms with Crippen LogP contribution in [0.25, 0.3) is 10.9 Å². The van der Waals surface area contributed by atoms with Crippen molar-refractivity contribution >= 4 is 38.7 Å². The summed E-state index contributed by atoms with van der Waals surface area (Å²) >= 11 is 3.56.